The molecule has 0 aliphatic carbocycles. The summed E-state index contributed by atoms with van der Waals surface area (Å²) in [6.45, 7) is 8.25. The van der Waals surface area contributed by atoms with Crippen LogP contribution in [-0.4, -0.2) is 54.1 Å². The van der Waals surface area contributed by atoms with Crippen molar-refractivity contribution in [3.63, 3.8) is 0 Å². The van der Waals surface area contributed by atoms with E-state index in [2.05, 4.69) is 22.0 Å². The molecular weight excluding hydrogens is 214 g/mol. The van der Waals surface area contributed by atoms with E-state index in [4.69, 9.17) is 0 Å². The van der Waals surface area contributed by atoms with E-state index in [1.165, 1.54) is 12.8 Å². The summed E-state index contributed by atoms with van der Waals surface area (Å²) in [6, 6.07) is -0.0156. The first-order chi connectivity index (χ1) is 8.24. The number of likely N-dealkylation sites (tertiary alicyclic amines) is 1. The van der Waals surface area contributed by atoms with Gasteiger partial charge < -0.3 is 10.2 Å². The fraction of sp³-hybridized carbons (Fsp3) is 0.923. The lowest BCUT2D eigenvalue weighted by atomic mass is 10.1. The fourth-order valence-corrected chi connectivity index (χ4v) is 3.01. The van der Waals surface area contributed by atoms with Gasteiger partial charge in [-0.15, -0.1) is 0 Å². The van der Waals surface area contributed by atoms with E-state index in [0.717, 1.165) is 39.0 Å². The standard InChI is InChI=1S/C13H25N3O/c1-3-15-9-5-4-7-12(15)16-10-6-8-14-11(2)13(16)17/h11-12,14H,3-10H2,1-2H3. The molecule has 4 heteroatoms. The summed E-state index contributed by atoms with van der Waals surface area (Å²) < 4.78 is 0. The molecule has 17 heavy (non-hydrogen) atoms. The molecule has 4 nitrogen and oxygen atoms in total. The third kappa shape index (κ3) is 2.80. The third-order valence-corrected chi connectivity index (χ3v) is 4.02. The van der Waals surface area contributed by atoms with Crippen LogP contribution in [0, 0.1) is 0 Å². The largest absolute Gasteiger partial charge is 0.326 e. The van der Waals surface area contributed by atoms with Crippen LogP contribution in [0.1, 0.15) is 39.5 Å². The minimum atomic E-state index is -0.0156. The molecule has 0 spiro atoms. The second-order valence-corrected chi connectivity index (χ2v) is 5.17. The molecule has 2 fully saturated rings. The summed E-state index contributed by atoms with van der Waals surface area (Å²) in [5.74, 6) is 0.285. The van der Waals surface area contributed by atoms with Gasteiger partial charge in [-0.05, 0) is 45.7 Å². The monoisotopic (exact) mass is 239 g/mol. The van der Waals surface area contributed by atoms with Crippen LogP contribution >= 0.6 is 0 Å². The molecule has 0 aromatic heterocycles. The van der Waals surface area contributed by atoms with E-state index < -0.39 is 0 Å². The smallest absolute Gasteiger partial charge is 0.240 e. The average Bonchev–Trinajstić information content (AvgIpc) is 2.53. The van der Waals surface area contributed by atoms with Crippen LogP contribution in [0.25, 0.3) is 0 Å². The second kappa shape index (κ2) is 5.83. The van der Waals surface area contributed by atoms with Crippen LogP contribution in [-0.2, 0) is 4.79 Å². The van der Waals surface area contributed by atoms with Gasteiger partial charge in [-0.2, -0.15) is 0 Å². The molecule has 2 saturated heterocycles. The van der Waals surface area contributed by atoms with Gasteiger partial charge in [0.25, 0.3) is 0 Å². The lowest BCUT2D eigenvalue weighted by Crippen LogP contribution is -2.55. The maximum atomic E-state index is 12.3. The predicted molar refractivity (Wildman–Crippen MR) is 68.7 cm³/mol. The second-order valence-electron chi connectivity index (χ2n) is 5.17. The van der Waals surface area contributed by atoms with Crippen LogP contribution in [0.15, 0.2) is 0 Å². The fourth-order valence-electron chi connectivity index (χ4n) is 3.01. The molecule has 1 amide bonds. The summed E-state index contributed by atoms with van der Waals surface area (Å²) in [4.78, 5) is 16.9. The summed E-state index contributed by atoms with van der Waals surface area (Å²) in [6.07, 6.45) is 5.10. The molecule has 1 N–H and O–H groups in total. The molecule has 0 bridgehead atoms. The number of hydrogen-bond donors (Lipinski definition) is 1. The van der Waals surface area contributed by atoms with Crippen molar-refractivity contribution in [3.05, 3.63) is 0 Å². The van der Waals surface area contributed by atoms with Crippen molar-refractivity contribution in [1.29, 1.82) is 0 Å². The number of nitrogens with zero attached hydrogens (tertiary/aromatic N) is 2. The number of amides is 1. The predicted octanol–water partition coefficient (Wildman–Crippen LogP) is 1.03. The Labute approximate surface area is 104 Å². The van der Waals surface area contributed by atoms with Crippen LogP contribution in [0.3, 0.4) is 0 Å². The highest BCUT2D eigenvalue weighted by atomic mass is 16.2. The topological polar surface area (TPSA) is 35.6 Å². The maximum Gasteiger partial charge on any atom is 0.240 e. The Morgan fingerprint density at radius 2 is 2.12 bits per heavy atom. The number of hydrogen-bond acceptors (Lipinski definition) is 3. The molecule has 0 radical (unpaired) electrons. The zero-order valence-corrected chi connectivity index (χ0v) is 11.1. The van der Waals surface area contributed by atoms with E-state index in [1.54, 1.807) is 0 Å². The highest BCUT2D eigenvalue weighted by molar-refractivity contribution is 5.82. The zero-order valence-electron chi connectivity index (χ0n) is 11.1. The lowest BCUT2D eigenvalue weighted by Gasteiger charge is -2.42. The quantitative estimate of drug-likeness (QED) is 0.782. The summed E-state index contributed by atoms with van der Waals surface area (Å²) in [5.41, 5.74) is 0. The van der Waals surface area contributed by atoms with Gasteiger partial charge >= 0.3 is 0 Å². The third-order valence-electron chi connectivity index (χ3n) is 4.02. The maximum absolute atomic E-state index is 12.3. The summed E-state index contributed by atoms with van der Waals surface area (Å²) in [5, 5.41) is 3.29. The summed E-state index contributed by atoms with van der Waals surface area (Å²) in [7, 11) is 0. The first-order valence-electron chi connectivity index (χ1n) is 7.02. The van der Waals surface area contributed by atoms with Gasteiger partial charge in [0, 0.05) is 13.1 Å². The van der Waals surface area contributed by atoms with Gasteiger partial charge in [0.1, 0.15) is 0 Å². The van der Waals surface area contributed by atoms with Crippen LogP contribution < -0.4 is 5.32 Å². The van der Waals surface area contributed by atoms with Crippen molar-refractivity contribution < 1.29 is 4.79 Å². The average molecular weight is 239 g/mol. The number of rotatable bonds is 2. The molecule has 0 saturated carbocycles. The lowest BCUT2D eigenvalue weighted by molar-refractivity contribution is -0.140. The van der Waals surface area contributed by atoms with E-state index >= 15 is 0 Å². The Morgan fingerprint density at radius 3 is 2.88 bits per heavy atom. The van der Waals surface area contributed by atoms with Gasteiger partial charge in [-0.3, -0.25) is 9.69 Å². The van der Waals surface area contributed by atoms with Gasteiger partial charge in [0.15, 0.2) is 0 Å². The van der Waals surface area contributed by atoms with Gasteiger partial charge in [-0.25, -0.2) is 0 Å². The first kappa shape index (κ1) is 12.8. The Balaban J connectivity index is 2.09. The number of carbonyl (C=O) groups excluding carboxylic acids is 1. The van der Waals surface area contributed by atoms with Crippen molar-refractivity contribution >= 4 is 5.91 Å². The van der Waals surface area contributed by atoms with E-state index in [1.807, 2.05) is 6.92 Å². The normalized spacial score (nSPS) is 32.6. The summed E-state index contributed by atoms with van der Waals surface area (Å²) >= 11 is 0. The van der Waals surface area contributed by atoms with E-state index in [0.29, 0.717) is 6.17 Å². The van der Waals surface area contributed by atoms with Crippen LogP contribution in [0.2, 0.25) is 0 Å². The van der Waals surface area contributed by atoms with E-state index in [-0.39, 0.29) is 11.9 Å². The highest BCUT2D eigenvalue weighted by Crippen LogP contribution is 2.21. The number of piperidine rings is 1. The van der Waals surface area contributed by atoms with Gasteiger partial charge in [0.05, 0.1) is 12.2 Å². The molecule has 98 valence electrons. The molecule has 0 aromatic carbocycles. The minimum absolute atomic E-state index is 0.0156. The Morgan fingerprint density at radius 1 is 1.29 bits per heavy atom. The molecular formula is C13H25N3O. The minimum Gasteiger partial charge on any atom is -0.326 e. The Kier molecular flexibility index (Phi) is 4.40. The molecule has 2 heterocycles. The number of nitrogens with one attached hydrogen (secondary N) is 1. The van der Waals surface area contributed by atoms with Gasteiger partial charge in [0.2, 0.25) is 5.91 Å². The van der Waals surface area contributed by atoms with Crippen LogP contribution in [0.4, 0.5) is 0 Å². The van der Waals surface area contributed by atoms with Crippen molar-refractivity contribution in [3.8, 4) is 0 Å². The highest BCUT2D eigenvalue weighted by Gasteiger charge is 2.33. The van der Waals surface area contributed by atoms with Crippen molar-refractivity contribution in [2.75, 3.05) is 26.2 Å². The van der Waals surface area contributed by atoms with Crippen molar-refractivity contribution in [2.45, 2.75) is 51.7 Å². The molecule has 2 atom stereocenters. The molecule has 2 aliphatic rings. The van der Waals surface area contributed by atoms with Gasteiger partial charge in [-0.1, -0.05) is 6.92 Å². The Hall–Kier alpha value is -0.610. The van der Waals surface area contributed by atoms with Crippen molar-refractivity contribution in [2.24, 2.45) is 0 Å². The molecule has 2 unspecified atom stereocenters. The molecule has 0 aromatic rings. The first-order valence-corrected chi connectivity index (χ1v) is 7.02. The van der Waals surface area contributed by atoms with E-state index in [9.17, 15) is 4.79 Å². The Bertz CT molecular complexity index is 269. The number of carbonyl (C=O) groups is 1. The molecule has 2 rings (SSSR count). The van der Waals surface area contributed by atoms with Crippen molar-refractivity contribution in [1.82, 2.24) is 15.1 Å². The molecule has 2 aliphatic heterocycles. The van der Waals surface area contributed by atoms with Crippen LogP contribution in [0.5, 0.6) is 0 Å². The zero-order chi connectivity index (χ0) is 12.3. The SMILES string of the molecule is CCN1CCCCC1N1CCCNC(C)C1=O.